The van der Waals surface area contributed by atoms with Gasteiger partial charge in [-0.2, -0.15) is 5.10 Å². The number of hydrogen-bond acceptors (Lipinski definition) is 4. The number of thiocarbonyl (C=S) groups is 1. The number of rotatable bonds is 4. The molecule has 0 saturated heterocycles. The van der Waals surface area contributed by atoms with Crippen molar-refractivity contribution in [3.63, 3.8) is 0 Å². The summed E-state index contributed by atoms with van der Waals surface area (Å²) in [5.74, 6) is 0.715. The Morgan fingerprint density at radius 3 is 2.78 bits per heavy atom. The molecule has 18 heavy (non-hydrogen) atoms. The van der Waals surface area contributed by atoms with Crippen LogP contribution in [-0.4, -0.2) is 29.6 Å². The zero-order chi connectivity index (χ0) is 13.5. The molecule has 0 aliphatic heterocycles. The number of hydrazone groups is 1. The standard InChI is InChI=1S/C12H17N3O2S/c1-4-13-12(18)15-14-8(2)10-6-5-9(17-3)7-11(10)16/h5-7,16H,4H2,1-3H3,(H2,13,15,18)/b14-8+. The summed E-state index contributed by atoms with van der Waals surface area (Å²) in [7, 11) is 1.55. The first-order chi connectivity index (χ1) is 8.58. The third kappa shape index (κ3) is 3.89. The Kier molecular flexibility index (Phi) is 5.38. The lowest BCUT2D eigenvalue weighted by Crippen LogP contribution is -2.32. The van der Waals surface area contributed by atoms with Crippen molar-refractivity contribution in [1.29, 1.82) is 0 Å². The minimum Gasteiger partial charge on any atom is -0.507 e. The lowest BCUT2D eigenvalue weighted by atomic mass is 10.1. The summed E-state index contributed by atoms with van der Waals surface area (Å²) in [4.78, 5) is 0. The zero-order valence-corrected chi connectivity index (χ0v) is 11.5. The fourth-order valence-corrected chi connectivity index (χ4v) is 1.53. The molecule has 0 amide bonds. The molecule has 5 nitrogen and oxygen atoms in total. The highest BCUT2D eigenvalue weighted by molar-refractivity contribution is 7.80. The minimum atomic E-state index is 0.117. The van der Waals surface area contributed by atoms with E-state index in [9.17, 15) is 5.11 Å². The molecule has 0 radical (unpaired) electrons. The number of aromatic hydroxyl groups is 1. The Hall–Kier alpha value is -1.82. The van der Waals surface area contributed by atoms with Gasteiger partial charge in [0.15, 0.2) is 5.11 Å². The zero-order valence-electron chi connectivity index (χ0n) is 10.7. The Balaban J connectivity index is 2.80. The predicted octanol–water partition coefficient (Wildman–Crippen LogP) is 1.61. The van der Waals surface area contributed by atoms with Crippen molar-refractivity contribution in [2.24, 2.45) is 5.10 Å². The monoisotopic (exact) mass is 267 g/mol. The molecule has 0 unspecified atom stereocenters. The van der Waals surface area contributed by atoms with Crippen LogP contribution in [0, 0.1) is 0 Å². The van der Waals surface area contributed by atoms with E-state index in [-0.39, 0.29) is 5.75 Å². The Bertz CT molecular complexity index is 461. The number of nitrogens with one attached hydrogen (secondary N) is 2. The first-order valence-electron chi connectivity index (χ1n) is 5.54. The molecular formula is C12H17N3O2S. The molecule has 0 aliphatic rings. The van der Waals surface area contributed by atoms with E-state index in [2.05, 4.69) is 15.8 Å². The molecule has 0 bridgehead atoms. The van der Waals surface area contributed by atoms with Crippen LogP contribution >= 0.6 is 12.2 Å². The van der Waals surface area contributed by atoms with Gasteiger partial charge < -0.3 is 15.2 Å². The van der Waals surface area contributed by atoms with Gasteiger partial charge in [0.05, 0.1) is 12.8 Å². The quantitative estimate of drug-likeness (QED) is 0.439. The van der Waals surface area contributed by atoms with Crippen LogP contribution in [0.15, 0.2) is 23.3 Å². The highest BCUT2D eigenvalue weighted by Gasteiger charge is 2.06. The summed E-state index contributed by atoms with van der Waals surface area (Å²) in [6.07, 6.45) is 0. The SMILES string of the molecule is CCNC(=S)N/N=C(\C)c1ccc(OC)cc1O. The van der Waals surface area contributed by atoms with E-state index < -0.39 is 0 Å². The van der Waals surface area contributed by atoms with Gasteiger partial charge in [0.25, 0.3) is 0 Å². The van der Waals surface area contributed by atoms with E-state index in [1.54, 1.807) is 26.2 Å². The second-order valence-corrected chi connectivity index (χ2v) is 3.96. The lowest BCUT2D eigenvalue weighted by molar-refractivity contribution is 0.407. The average Bonchev–Trinajstić information content (AvgIpc) is 2.36. The summed E-state index contributed by atoms with van der Waals surface area (Å²) in [6, 6.07) is 5.04. The second kappa shape index (κ2) is 6.80. The summed E-state index contributed by atoms with van der Waals surface area (Å²) < 4.78 is 5.01. The van der Waals surface area contributed by atoms with Crippen LogP contribution in [0.3, 0.4) is 0 Å². The summed E-state index contributed by atoms with van der Waals surface area (Å²) >= 11 is 4.98. The molecule has 1 aromatic carbocycles. The van der Waals surface area contributed by atoms with E-state index >= 15 is 0 Å². The van der Waals surface area contributed by atoms with Crippen LogP contribution in [0.5, 0.6) is 11.5 Å². The van der Waals surface area contributed by atoms with Crippen LogP contribution in [0.2, 0.25) is 0 Å². The van der Waals surface area contributed by atoms with Crippen molar-refractivity contribution in [1.82, 2.24) is 10.7 Å². The van der Waals surface area contributed by atoms with Crippen LogP contribution < -0.4 is 15.5 Å². The molecule has 98 valence electrons. The highest BCUT2D eigenvalue weighted by atomic mass is 32.1. The van der Waals surface area contributed by atoms with Crippen LogP contribution in [-0.2, 0) is 0 Å². The van der Waals surface area contributed by atoms with Gasteiger partial charge in [-0.3, -0.25) is 5.43 Å². The molecule has 0 heterocycles. The van der Waals surface area contributed by atoms with E-state index in [0.717, 1.165) is 6.54 Å². The van der Waals surface area contributed by atoms with E-state index in [0.29, 0.717) is 22.1 Å². The molecule has 0 fully saturated rings. The molecule has 0 saturated carbocycles. The Labute approximate surface area is 112 Å². The van der Waals surface area contributed by atoms with Crippen molar-refractivity contribution >= 4 is 23.0 Å². The van der Waals surface area contributed by atoms with Gasteiger partial charge in [-0.15, -0.1) is 0 Å². The molecule has 0 spiro atoms. The summed E-state index contributed by atoms with van der Waals surface area (Å²) in [5.41, 5.74) is 3.97. The summed E-state index contributed by atoms with van der Waals surface area (Å²) in [6.45, 7) is 4.46. The van der Waals surface area contributed by atoms with Crippen LogP contribution in [0.25, 0.3) is 0 Å². The maximum atomic E-state index is 9.82. The maximum absolute atomic E-state index is 9.82. The Morgan fingerprint density at radius 2 is 2.22 bits per heavy atom. The molecule has 0 aromatic heterocycles. The second-order valence-electron chi connectivity index (χ2n) is 3.55. The first kappa shape index (κ1) is 14.2. The van der Waals surface area contributed by atoms with Gasteiger partial charge in [0, 0.05) is 18.2 Å². The molecule has 1 rings (SSSR count). The number of ether oxygens (including phenoxy) is 1. The molecule has 6 heteroatoms. The van der Waals surface area contributed by atoms with Gasteiger partial charge >= 0.3 is 0 Å². The topological polar surface area (TPSA) is 65.9 Å². The van der Waals surface area contributed by atoms with Crippen molar-refractivity contribution in [3.05, 3.63) is 23.8 Å². The third-order valence-corrected chi connectivity index (χ3v) is 2.49. The maximum Gasteiger partial charge on any atom is 0.186 e. The fraction of sp³-hybridized carbons (Fsp3) is 0.333. The third-order valence-electron chi connectivity index (χ3n) is 2.26. The number of methoxy groups -OCH3 is 1. The van der Waals surface area contributed by atoms with Gasteiger partial charge in [-0.25, -0.2) is 0 Å². The number of nitrogens with zero attached hydrogens (tertiary/aromatic N) is 1. The van der Waals surface area contributed by atoms with Gasteiger partial charge in [0.1, 0.15) is 11.5 Å². The van der Waals surface area contributed by atoms with Crippen molar-refractivity contribution in [2.75, 3.05) is 13.7 Å². The number of benzene rings is 1. The number of phenols is 1. The lowest BCUT2D eigenvalue weighted by Gasteiger charge is -2.08. The molecule has 0 atom stereocenters. The number of hydrogen-bond donors (Lipinski definition) is 3. The van der Waals surface area contributed by atoms with Crippen LogP contribution in [0.1, 0.15) is 19.4 Å². The Morgan fingerprint density at radius 1 is 1.50 bits per heavy atom. The van der Waals surface area contributed by atoms with E-state index in [1.165, 1.54) is 6.07 Å². The number of phenolic OH excluding ortho intramolecular Hbond substituents is 1. The molecule has 1 aromatic rings. The fourth-order valence-electron chi connectivity index (χ4n) is 1.34. The van der Waals surface area contributed by atoms with Crippen molar-refractivity contribution in [2.45, 2.75) is 13.8 Å². The van der Waals surface area contributed by atoms with Gasteiger partial charge in [-0.1, -0.05) is 0 Å². The molecule has 0 aliphatic carbocycles. The average molecular weight is 267 g/mol. The minimum absolute atomic E-state index is 0.117. The van der Waals surface area contributed by atoms with Crippen molar-refractivity contribution in [3.8, 4) is 11.5 Å². The molecule has 3 N–H and O–H groups in total. The largest absolute Gasteiger partial charge is 0.507 e. The van der Waals surface area contributed by atoms with Gasteiger partial charge in [-0.05, 0) is 38.2 Å². The van der Waals surface area contributed by atoms with Crippen LogP contribution in [0.4, 0.5) is 0 Å². The van der Waals surface area contributed by atoms with E-state index in [1.807, 2.05) is 6.92 Å². The van der Waals surface area contributed by atoms with Crippen molar-refractivity contribution < 1.29 is 9.84 Å². The smallest absolute Gasteiger partial charge is 0.186 e. The van der Waals surface area contributed by atoms with E-state index in [4.69, 9.17) is 17.0 Å². The predicted molar refractivity (Wildman–Crippen MR) is 76.3 cm³/mol. The summed E-state index contributed by atoms with van der Waals surface area (Å²) in [5, 5.41) is 17.3. The highest BCUT2D eigenvalue weighted by Crippen LogP contribution is 2.23. The normalized spacial score (nSPS) is 10.9. The molecular weight excluding hydrogens is 250 g/mol. The first-order valence-corrected chi connectivity index (χ1v) is 5.94. The van der Waals surface area contributed by atoms with Gasteiger partial charge in [0.2, 0.25) is 0 Å².